The van der Waals surface area contributed by atoms with E-state index in [4.69, 9.17) is 21.1 Å². The van der Waals surface area contributed by atoms with Crippen LogP contribution in [0.5, 0.6) is 17.4 Å². The van der Waals surface area contributed by atoms with Crippen molar-refractivity contribution in [1.29, 1.82) is 0 Å². The van der Waals surface area contributed by atoms with Crippen molar-refractivity contribution in [2.45, 2.75) is 13.0 Å². The molecule has 9 heteroatoms. The van der Waals surface area contributed by atoms with Crippen molar-refractivity contribution in [1.82, 2.24) is 14.9 Å². The molecule has 1 unspecified atom stereocenters. The van der Waals surface area contributed by atoms with Gasteiger partial charge < -0.3 is 19.3 Å². The monoisotopic (exact) mass is 456 g/mol. The van der Waals surface area contributed by atoms with E-state index in [1.165, 1.54) is 24.5 Å². The lowest BCUT2D eigenvalue weighted by atomic mass is 10.1. The van der Waals surface area contributed by atoms with E-state index in [0.29, 0.717) is 48.4 Å². The quantitative estimate of drug-likeness (QED) is 0.566. The van der Waals surface area contributed by atoms with Crippen molar-refractivity contribution in [2.24, 2.45) is 0 Å². The molecule has 32 heavy (non-hydrogen) atoms. The average Bonchev–Trinajstić information content (AvgIpc) is 2.80. The van der Waals surface area contributed by atoms with Gasteiger partial charge >= 0.3 is 0 Å². The summed E-state index contributed by atoms with van der Waals surface area (Å²) in [6, 6.07) is 12.7. The molecule has 2 aromatic carbocycles. The molecule has 7 nitrogen and oxygen atoms in total. The van der Waals surface area contributed by atoms with Crippen molar-refractivity contribution in [3.05, 3.63) is 71.3 Å². The highest BCUT2D eigenvalue weighted by Crippen LogP contribution is 2.30. The molecule has 2 heterocycles. The third-order valence-corrected chi connectivity index (χ3v) is 5.56. The molecule has 1 atom stereocenters. The van der Waals surface area contributed by atoms with Gasteiger partial charge in [0.25, 0.3) is 5.91 Å². The summed E-state index contributed by atoms with van der Waals surface area (Å²) in [6.07, 6.45) is 1.40. The fraction of sp³-hybridized carbons (Fsp3) is 0.261. The highest BCUT2D eigenvalue weighted by atomic mass is 35.5. The van der Waals surface area contributed by atoms with Crippen LogP contribution in [0.1, 0.15) is 17.3 Å². The number of anilines is 1. The molecule has 0 saturated carbocycles. The number of halogens is 2. The predicted molar refractivity (Wildman–Crippen MR) is 119 cm³/mol. The smallest absolute Gasteiger partial charge is 0.254 e. The van der Waals surface area contributed by atoms with Crippen LogP contribution in [-0.2, 0) is 0 Å². The lowest BCUT2D eigenvalue weighted by Gasteiger charge is -2.40. The third kappa shape index (κ3) is 4.75. The number of piperazine rings is 1. The Bertz CT molecular complexity index is 1130. The SMILES string of the molecule is COc1cccc(C(=O)N2CCN(c3cc(Oc4ccc(F)cc4Cl)ncn3)CC2C)c1. The number of benzene rings is 2. The van der Waals surface area contributed by atoms with Crippen LogP contribution in [0.15, 0.2) is 54.9 Å². The number of hydrogen-bond acceptors (Lipinski definition) is 6. The lowest BCUT2D eigenvalue weighted by Crippen LogP contribution is -2.54. The van der Waals surface area contributed by atoms with Crippen LogP contribution < -0.4 is 14.4 Å². The Morgan fingerprint density at radius 2 is 2.00 bits per heavy atom. The fourth-order valence-corrected chi connectivity index (χ4v) is 3.82. The summed E-state index contributed by atoms with van der Waals surface area (Å²) >= 11 is 6.04. The number of nitrogens with zero attached hydrogens (tertiary/aromatic N) is 4. The first-order valence-corrected chi connectivity index (χ1v) is 10.5. The first kappa shape index (κ1) is 21.8. The van der Waals surface area contributed by atoms with Gasteiger partial charge in [-0.25, -0.2) is 14.4 Å². The summed E-state index contributed by atoms with van der Waals surface area (Å²) in [7, 11) is 1.58. The van der Waals surface area contributed by atoms with E-state index < -0.39 is 5.82 Å². The van der Waals surface area contributed by atoms with E-state index in [1.807, 2.05) is 24.0 Å². The number of ether oxygens (including phenoxy) is 2. The molecule has 0 spiro atoms. The zero-order valence-corrected chi connectivity index (χ0v) is 18.4. The minimum Gasteiger partial charge on any atom is -0.497 e. The van der Waals surface area contributed by atoms with Gasteiger partial charge in [-0.1, -0.05) is 17.7 Å². The Kier molecular flexibility index (Phi) is 6.41. The summed E-state index contributed by atoms with van der Waals surface area (Å²) in [5.74, 6) is 1.45. The van der Waals surface area contributed by atoms with Crippen LogP contribution in [0, 0.1) is 5.82 Å². The minimum absolute atomic E-state index is 0.0336. The fourth-order valence-electron chi connectivity index (χ4n) is 3.62. The van der Waals surface area contributed by atoms with Crippen LogP contribution >= 0.6 is 11.6 Å². The Morgan fingerprint density at radius 1 is 1.16 bits per heavy atom. The molecule has 1 saturated heterocycles. The zero-order chi connectivity index (χ0) is 22.7. The Balaban J connectivity index is 1.45. The van der Waals surface area contributed by atoms with Crippen molar-refractivity contribution in [2.75, 3.05) is 31.6 Å². The van der Waals surface area contributed by atoms with Crippen LogP contribution in [-0.4, -0.2) is 53.6 Å². The molecular weight excluding hydrogens is 435 g/mol. The van der Waals surface area contributed by atoms with Gasteiger partial charge in [-0.15, -0.1) is 0 Å². The number of hydrogen-bond donors (Lipinski definition) is 0. The van der Waals surface area contributed by atoms with Crippen LogP contribution in [0.3, 0.4) is 0 Å². The molecule has 1 amide bonds. The second kappa shape index (κ2) is 9.40. The second-order valence-electron chi connectivity index (χ2n) is 7.42. The van der Waals surface area contributed by atoms with Gasteiger partial charge in [0.1, 0.15) is 29.5 Å². The number of rotatable bonds is 5. The van der Waals surface area contributed by atoms with Crippen LogP contribution in [0.25, 0.3) is 0 Å². The standard InChI is InChI=1S/C23H22ClFN4O3/c1-15-13-28(8-9-29(15)23(30)16-4-3-5-18(10-16)31-2)21-12-22(27-14-26-21)32-20-7-6-17(25)11-19(20)24/h3-7,10-12,14-15H,8-9,13H2,1-2H3. The third-order valence-electron chi connectivity index (χ3n) is 5.27. The van der Waals surface area contributed by atoms with Crippen molar-refractivity contribution in [3.63, 3.8) is 0 Å². The highest BCUT2D eigenvalue weighted by Gasteiger charge is 2.29. The number of amides is 1. The molecule has 0 bridgehead atoms. The maximum absolute atomic E-state index is 13.3. The van der Waals surface area contributed by atoms with Gasteiger partial charge in [-0.2, -0.15) is 0 Å². The van der Waals surface area contributed by atoms with E-state index in [2.05, 4.69) is 14.9 Å². The summed E-state index contributed by atoms with van der Waals surface area (Å²) < 4.78 is 24.2. The number of aromatic nitrogens is 2. The van der Waals surface area contributed by atoms with Gasteiger partial charge in [-0.3, -0.25) is 4.79 Å². The summed E-state index contributed by atoms with van der Waals surface area (Å²) in [6.45, 7) is 3.75. The Morgan fingerprint density at radius 3 is 2.75 bits per heavy atom. The lowest BCUT2D eigenvalue weighted by molar-refractivity contribution is 0.0673. The highest BCUT2D eigenvalue weighted by molar-refractivity contribution is 6.32. The second-order valence-corrected chi connectivity index (χ2v) is 7.82. The van der Waals surface area contributed by atoms with Crippen molar-refractivity contribution >= 4 is 23.3 Å². The van der Waals surface area contributed by atoms with Crippen LogP contribution in [0.4, 0.5) is 10.2 Å². The molecule has 166 valence electrons. The first-order chi connectivity index (χ1) is 15.4. The molecule has 4 rings (SSSR count). The molecule has 0 N–H and O–H groups in total. The van der Waals surface area contributed by atoms with Crippen LogP contribution in [0.2, 0.25) is 5.02 Å². The maximum Gasteiger partial charge on any atom is 0.254 e. The molecule has 0 radical (unpaired) electrons. The van der Waals surface area contributed by atoms with E-state index in [1.54, 1.807) is 25.3 Å². The topological polar surface area (TPSA) is 67.8 Å². The van der Waals surface area contributed by atoms with Gasteiger partial charge in [-0.05, 0) is 43.3 Å². The minimum atomic E-state index is -0.443. The average molecular weight is 457 g/mol. The summed E-state index contributed by atoms with van der Waals surface area (Å²) in [4.78, 5) is 25.4. The van der Waals surface area contributed by atoms with Gasteiger partial charge in [0.05, 0.1) is 12.1 Å². The van der Waals surface area contributed by atoms with E-state index in [-0.39, 0.29) is 17.0 Å². The number of carbonyl (C=O) groups excluding carboxylic acids is 1. The molecule has 0 aliphatic carbocycles. The number of carbonyl (C=O) groups is 1. The first-order valence-electron chi connectivity index (χ1n) is 10.1. The Hall–Kier alpha value is -3.39. The molecular formula is C23H22ClFN4O3. The molecule has 1 aromatic heterocycles. The maximum atomic E-state index is 13.3. The number of methoxy groups -OCH3 is 1. The zero-order valence-electron chi connectivity index (χ0n) is 17.7. The van der Waals surface area contributed by atoms with Crippen molar-refractivity contribution < 1.29 is 18.7 Å². The largest absolute Gasteiger partial charge is 0.497 e. The molecule has 1 aliphatic heterocycles. The van der Waals surface area contributed by atoms with E-state index in [9.17, 15) is 9.18 Å². The molecule has 3 aromatic rings. The normalized spacial score (nSPS) is 16.1. The molecule has 1 fully saturated rings. The Labute approximate surface area is 190 Å². The van der Waals surface area contributed by atoms with Gasteiger partial charge in [0, 0.05) is 37.3 Å². The van der Waals surface area contributed by atoms with Gasteiger partial charge in [0.15, 0.2) is 0 Å². The van der Waals surface area contributed by atoms with E-state index in [0.717, 1.165) is 0 Å². The van der Waals surface area contributed by atoms with Gasteiger partial charge in [0.2, 0.25) is 5.88 Å². The van der Waals surface area contributed by atoms with E-state index >= 15 is 0 Å². The summed E-state index contributed by atoms with van der Waals surface area (Å²) in [5.41, 5.74) is 0.596. The molecule has 1 aliphatic rings. The van der Waals surface area contributed by atoms with Crippen molar-refractivity contribution in [3.8, 4) is 17.4 Å². The predicted octanol–water partition coefficient (Wildman–Crippen LogP) is 4.42. The summed E-state index contributed by atoms with van der Waals surface area (Å²) in [5, 5.41) is 0.156.